The fourth-order valence-electron chi connectivity index (χ4n) is 4.71. The zero-order valence-corrected chi connectivity index (χ0v) is 26.9. The van der Waals surface area contributed by atoms with Crippen molar-refractivity contribution < 1.29 is 52.3 Å². The molecule has 0 saturated heterocycles. The topological polar surface area (TPSA) is 87.6 Å². The van der Waals surface area contributed by atoms with Crippen LogP contribution in [0.4, 0.5) is 0 Å². The Hall–Kier alpha value is -2.83. The lowest BCUT2D eigenvalue weighted by Crippen LogP contribution is -3.00. The quantitative estimate of drug-likeness (QED) is 0.0896. The minimum atomic E-state index is -0.471. The van der Waals surface area contributed by atoms with Crippen LogP contribution in [-0.2, 0) is 16.0 Å². The van der Waals surface area contributed by atoms with Gasteiger partial charge in [0, 0.05) is 24.5 Å². The van der Waals surface area contributed by atoms with E-state index < -0.39 is 5.97 Å². The number of hydrogen-bond acceptors (Lipinski definition) is 8. The van der Waals surface area contributed by atoms with Crippen molar-refractivity contribution in [1.82, 2.24) is 8.75 Å². The highest BCUT2D eigenvalue weighted by atomic mass is 127. The number of quaternary nitrogens is 1. The molecule has 8 nitrogen and oxygen atoms in total. The van der Waals surface area contributed by atoms with Gasteiger partial charge in [0.15, 0.2) is 0 Å². The molecule has 1 aliphatic rings. The SMILES string of the molecule is CCCCCCOc1nsnc1C1=CCC[N+](C)(C(C)OC(=O)Cc2ccccc2OC(=O)c2ccccc2)C1.[I-]. The number of aromatic nitrogens is 2. The van der Waals surface area contributed by atoms with Gasteiger partial charge in [-0.1, -0.05) is 68.7 Å². The Bertz CT molecular complexity index is 1320. The molecule has 4 rings (SSSR count). The van der Waals surface area contributed by atoms with Crippen molar-refractivity contribution >= 4 is 29.2 Å². The predicted molar refractivity (Wildman–Crippen MR) is 155 cm³/mol. The van der Waals surface area contributed by atoms with Crippen molar-refractivity contribution in [3.05, 3.63) is 77.5 Å². The van der Waals surface area contributed by atoms with Crippen LogP contribution >= 0.6 is 11.7 Å². The Labute approximate surface area is 263 Å². The molecule has 2 unspecified atom stereocenters. The number of hydrogen-bond donors (Lipinski definition) is 0. The summed E-state index contributed by atoms with van der Waals surface area (Å²) in [6.07, 6.45) is 7.16. The lowest BCUT2D eigenvalue weighted by Gasteiger charge is -2.41. The summed E-state index contributed by atoms with van der Waals surface area (Å²) in [7, 11) is 2.09. The van der Waals surface area contributed by atoms with Crippen LogP contribution in [0.2, 0.25) is 0 Å². The molecule has 41 heavy (non-hydrogen) atoms. The van der Waals surface area contributed by atoms with E-state index in [1.165, 1.54) is 12.8 Å². The number of carbonyl (C=O) groups excluding carboxylic acids is 2. The Kier molecular flexibility index (Phi) is 12.7. The van der Waals surface area contributed by atoms with Gasteiger partial charge in [0.25, 0.3) is 5.88 Å². The van der Waals surface area contributed by atoms with Crippen molar-refractivity contribution in [2.24, 2.45) is 0 Å². The maximum absolute atomic E-state index is 13.0. The second-order valence-electron chi connectivity index (χ2n) is 10.3. The molecule has 0 aliphatic carbocycles. The molecule has 0 spiro atoms. The molecule has 2 atom stereocenters. The standard InChI is InChI=1S/C31H38N3O5S.HI/c1-4-5-6-12-20-37-30-29(32-40-33-30)26-17-13-19-34(3,22-26)23(2)38-28(35)21-25-16-10-11-18-27(25)39-31(36)24-14-8-7-9-15-24;/h7-11,14-18,23H,4-6,12-13,19-22H2,1-3H3;1H/q+1;/p-1. The molecule has 220 valence electrons. The van der Waals surface area contributed by atoms with Gasteiger partial charge in [0.05, 0.1) is 43.9 Å². The van der Waals surface area contributed by atoms with E-state index >= 15 is 0 Å². The second kappa shape index (κ2) is 16.0. The summed E-state index contributed by atoms with van der Waals surface area (Å²) in [5.74, 6) is 0.0919. The van der Waals surface area contributed by atoms with Crippen LogP contribution in [0.1, 0.15) is 67.6 Å². The third-order valence-electron chi connectivity index (χ3n) is 7.26. The van der Waals surface area contributed by atoms with E-state index in [-0.39, 0.29) is 42.6 Å². The maximum Gasteiger partial charge on any atom is 0.343 e. The number of carbonyl (C=O) groups is 2. The Morgan fingerprint density at radius 2 is 1.78 bits per heavy atom. The van der Waals surface area contributed by atoms with Gasteiger partial charge in [-0.2, -0.15) is 4.37 Å². The highest BCUT2D eigenvalue weighted by Crippen LogP contribution is 2.32. The molecule has 0 amide bonds. The number of nitrogens with zero attached hydrogens (tertiary/aromatic N) is 3. The summed E-state index contributed by atoms with van der Waals surface area (Å²) in [4.78, 5) is 25.6. The number of benzene rings is 2. The highest BCUT2D eigenvalue weighted by Gasteiger charge is 2.36. The zero-order chi connectivity index (χ0) is 28.4. The van der Waals surface area contributed by atoms with E-state index in [1.54, 1.807) is 42.5 Å². The van der Waals surface area contributed by atoms with Crippen molar-refractivity contribution in [2.75, 3.05) is 26.7 Å². The van der Waals surface area contributed by atoms with Crippen LogP contribution < -0.4 is 33.5 Å². The molecule has 3 aromatic rings. The summed E-state index contributed by atoms with van der Waals surface area (Å²) in [6, 6.07) is 15.8. The Balaban J connectivity index is 0.00000462. The van der Waals surface area contributed by atoms with E-state index in [0.29, 0.717) is 40.4 Å². The largest absolute Gasteiger partial charge is 1.00 e. The first kappa shape index (κ1) is 32.7. The summed E-state index contributed by atoms with van der Waals surface area (Å²) in [5.41, 5.74) is 2.89. The van der Waals surface area contributed by atoms with Crippen molar-refractivity contribution in [2.45, 2.75) is 58.6 Å². The molecule has 1 aliphatic heterocycles. The molecule has 0 radical (unpaired) electrons. The lowest BCUT2D eigenvalue weighted by molar-refractivity contribution is -0.944. The molecule has 0 bridgehead atoms. The summed E-state index contributed by atoms with van der Waals surface area (Å²) in [5, 5.41) is 0. The first-order valence-corrected chi connectivity index (χ1v) is 14.7. The number of unbranched alkanes of at least 4 members (excludes halogenated alkanes) is 3. The van der Waals surface area contributed by atoms with Gasteiger partial charge < -0.3 is 38.2 Å². The molecule has 1 aromatic heterocycles. The summed E-state index contributed by atoms with van der Waals surface area (Å²) in [6.45, 7) is 6.22. The lowest BCUT2D eigenvalue weighted by atomic mass is 10.0. The van der Waals surface area contributed by atoms with Gasteiger partial charge in [-0.25, -0.2) is 4.79 Å². The number of likely N-dealkylation sites (N-methyl/N-ethyl adjacent to an activating group) is 1. The van der Waals surface area contributed by atoms with Crippen LogP contribution in [0.25, 0.3) is 5.57 Å². The average molecular weight is 692 g/mol. The summed E-state index contributed by atoms with van der Waals surface area (Å²) >= 11 is 1.16. The van der Waals surface area contributed by atoms with Gasteiger partial charge in [-0.15, -0.1) is 4.37 Å². The van der Waals surface area contributed by atoms with Crippen LogP contribution in [0.15, 0.2) is 60.7 Å². The first-order chi connectivity index (χ1) is 19.4. The summed E-state index contributed by atoms with van der Waals surface area (Å²) < 4.78 is 27.0. The smallest absolute Gasteiger partial charge is 0.343 e. The number of esters is 2. The number of rotatable bonds is 13. The number of halogens is 1. The van der Waals surface area contributed by atoms with Gasteiger partial charge in [0.2, 0.25) is 6.23 Å². The second-order valence-corrected chi connectivity index (χ2v) is 10.9. The Morgan fingerprint density at radius 1 is 1.02 bits per heavy atom. The average Bonchev–Trinajstić information content (AvgIpc) is 3.43. The van der Waals surface area contributed by atoms with Crippen molar-refractivity contribution in [3.8, 4) is 11.6 Å². The van der Waals surface area contributed by atoms with Gasteiger partial charge in [0.1, 0.15) is 18.0 Å². The molecular weight excluding hydrogens is 653 g/mol. The number of para-hydroxylation sites is 1. The zero-order valence-electron chi connectivity index (χ0n) is 23.9. The van der Waals surface area contributed by atoms with E-state index in [9.17, 15) is 9.59 Å². The normalized spacial score (nSPS) is 17.1. The maximum atomic E-state index is 13.0. The molecule has 10 heteroatoms. The highest BCUT2D eigenvalue weighted by molar-refractivity contribution is 6.99. The fourth-order valence-corrected chi connectivity index (χ4v) is 5.25. The minimum absolute atomic E-state index is 0. The van der Waals surface area contributed by atoms with Gasteiger partial charge in [-0.3, -0.25) is 9.28 Å². The molecule has 2 aromatic carbocycles. The molecule has 2 heterocycles. The Morgan fingerprint density at radius 3 is 2.56 bits per heavy atom. The van der Waals surface area contributed by atoms with E-state index in [1.807, 2.05) is 19.1 Å². The molecule has 0 saturated carbocycles. The number of ether oxygens (including phenoxy) is 3. The monoisotopic (exact) mass is 691 g/mol. The predicted octanol–water partition coefficient (Wildman–Crippen LogP) is 3.09. The van der Waals surface area contributed by atoms with Gasteiger partial charge in [-0.05, 0) is 24.6 Å². The molecular formula is C31H38IN3O5S. The third-order valence-corrected chi connectivity index (χ3v) is 7.77. The van der Waals surface area contributed by atoms with Crippen LogP contribution in [0.5, 0.6) is 11.6 Å². The minimum Gasteiger partial charge on any atom is -1.00 e. The van der Waals surface area contributed by atoms with Crippen LogP contribution in [0, 0.1) is 0 Å². The molecule has 0 fully saturated rings. The fraction of sp³-hybridized carbons (Fsp3) is 0.419. The van der Waals surface area contributed by atoms with Crippen molar-refractivity contribution in [1.29, 1.82) is 0 Å². The van der Waals surface area contributed by atoms with Gasteiger partial charge >= 0.3 is 11.9 Å². The molecule has 0 N–H and O–H groups in total. The third kappa shape index (κ3) is 9.08. The van der Waals surface area contributed by atoms with E-state index in [2.05, 4.69) is 28.8 Å². The van der Waals surface area contributed by atoms with Crippen LogP contribution in [-0.4, -0.2) is 58.1 Å². The first-order valence-electron chi connectivity index (χ1n) is 13.9. The van der Waals surface area contributed by atoms with E-state index in [0.717, 1.165) is 48.8 Å². The van der Waals surface area contributed by atoms with E-state index in [4.69, 9.17) is 14.2 Å². The van der Waals surface area contributed by atoms with Crippen molar-refractivity contribution in [3.63, 3.8) is 0 Å². The van der Waals surface area contributed by atoms with Crippen LogP contribution in [0.3, 0.4) is 0 Å².